The molecule has 7 nitrogen and oxygen atoms in total. The van der Waals surface area contributed by atoms with Crippen molar-refractivity contribution < 1.29 is 18.3 Å². The fourth-order valence-corrected chi connectivity index (χ4v) is 2.95. The number of anilines is 1. The topological polar surface area (TPSA) is 133 Å². The average molecular weight is 391 g/mol. The highest BCUT2D eigenvalue weighted by Crippen LogP contribution is 2.23. The number of sulfonamides is 1. The van der Waals surface area contributed by atoms with E-state index in [-0.39, 0.29) is 18.2 Å². The summed E-state index contributed by atoms with van der Waals surface area (Å²) in [6, 6.07) is 16.0. The van der Waals surface area contributed by atoms with Gasteiger partial charge >= 0.3 is 5.97 Å². The molecule has 0 aliphatic rings. The predicted octanol–water partition coefficient (Wildman–Crippen LogP) is 3.00. The lowest BCUT2D eigenvalue weighted by Crippen LogP contribution is -2.12. The summed E-state index contributed by atoms with van der Waals surface area (Å²) in [5.41, 5.74) is 7.55. The van der Waals surface area contributed by atoms with Gasteiger partial charge in [-0.25, -0.2) is 8.42 Å². The van der Waals surface area contributed by atoms with E-state index in [4.69, 9.17) is 16.2 Å². The maximum Gasteiger partial charge on any atom is 0.303 e. The molecule has 2 rings (SSSR count). The highest BCUT2D eigenvalue weighted by atomic mass is 32.2. The normalized spacial score (nSPS) is 11.6. The van der Waals surface area contributed by atoms with E-state index in [2.05, 4.69) is 4.72 Å². The third kappa shape index (κ3) is 8.87. The second-order valence-corrected chi connectivity index (χ2v) is 7.73. The Morgan fingerprint density at radius 3 is 2.30 bits per heavy atom. The first-order valence-electron chi connectivity index (χ1n) is 8.31. The van der Waals surface area contributed by atoms with Crippen molar-refractivity contribution in [3.63, 3.8) is 0 Å². The molecule has 0 aliphatic carbocycles. The van der Waals surface area contributed by atoms with Crippen LogP contribution >= 0.6 is 0 Å². The van der Waals surface area contributed by atoms with Crippen molar-refractivity contribution in [3.05, 3.63) is 65.7 Å². The molecule has 0 saturated carbocycles. The van der Waals surface area contributed by atoms with Crippen LogP contribution in [0.15, 0.2) is 54.6 Å². The van der Waals surface area contributed by atoms with Crippen LogP contribution in [0.2, 0.25) is 0 Å². The minimum atomic E-state index is -3.13. The largest absolute Gasteiger partial charge is 0.481 e. The molecular weight excluding hydrogens is 366 g/mol. The third-order valence-corrected chi connectivity index (χ3v) is 4.27. The van der Waals surface area contributed by atoms with Crippen molar-refractivity contribution in [2.75, 3.05) is 11.0 Å². The Bertz CT molecular complexity index is 868. The minimum Gasteiger partial charge on any atom is -0.481 e. The first-order valence-corrected chi connectivity index (χ1v) is 10.2. The number of nitrogens with two attached hydrogens (primary N) is 1. The van der Waals surface area contributed by atoms with Gasteiger partial charge in [0, 0.05) is 11.3 Å². The number of carboxylic acid groups (broad SMARTS) is 1. The molecule has 5 N–H and O–H groups in total. The summed E-state index contributed by atoms with van der Waals surface area (Å²) in [7, 11) is -3.13. The summed E-state index contributed by atoms with van der Waals surface area (Å²) < 4.78 is 23.7. The first kappa shape index (κ1) is 22.2. The number of hydrogen-bond acceptors (Lipinski definition) is 4. The van der Waals surface area contributed by atoms with Crippen LogP contribution in [0, 0.1) is 5.41 Å². The lowest BCUT2D eigenvalue weighted by atomic mass is 9.92. The molecule has 0 heterocycles. The van der Waals surface area contributed by atoms with E-state index in [0.29, 0.717) is 11.3 Å². The van der Waals surface area contributed by atoms with E-state index in [0.717, 1.165) is 18.2 Å². The number of rotatable bonds is 7. The highest BCUT2D eigenvalue weighted by molar-refractivity contribution is 7.92. The molecular formula is C19H25N3O4S. The van der Waals surface area contributed by atoms with Crippen molar-refractivity contribution in [3.8, 4) is 0 Å². The zero-order valence-corrected chi connectivity index (χ0v) is 16.2. The third-order valence-electron chi connectivity index (χ3n) is 3.66. The Labute approximate surface area is 159 Å². The smallest absolute Gasteiger partial charge is 0.303 e. The summed E-state index contributed by atoms with van der Waals surface area (Å²) in [6.45, 7) is 1.95. The Kier molecular flexibility index (Phi) is 8.47. The number of nitrogens with one attached hydrogen (secondary N) is 2. The lowest BCUT2D eigenvalue weighted by molar-refractivity contribution is -0.137. The predicted molar refractivity (Wildman–Crippen MR) is 108 cm³/mol. The van der Waals surface area contributed by atoms with Gasteiger partial charge in [-0.05, 0) is 36.1 Å². The molecule has 0 fully saturated rings. The van der Waals surface area contributed by atoms with Crippen LogP contribution in [-0.2, 0) is 14.8 Å². The molecule has 27 heavy (non-hydrogen) atoms. The SMILES string of the molecule is CCC(CC(=O)O)c1cccc(C(=N)N)c1.CS(=O)(=O)Nc1ccccc1. The minimum absolute atomic E-state index is 0.00651. The molecule has 1 unspecified atom stereocenters. The Morgan fingerprint density at radius 2 is 1.81 bits per heavy atom. The van der Waals surface area contributed by atoms with E-state index < -0.39 is 16.0 Å². The molecule has 0 radical (unpaired) electrons. The summed E-state index contributed by atoms with van der Waals surface area (Å²) in [5, 5.41) is 16.1. The van der Waals surface area contributed by atoms with Crippen LogP contribution in [0.25, 0.3) is 0 Å². The van der Waals surface area contributed by atoms with Crippen LogP contribution in [-0.4, -0.2) is 31.6 Å². The van der Waals surface area contributed by atoms with Gasteiger partial charge < -0.3 is 10.8 Å². The molecule has 2 aromatic rings. The van der Waals surface area contributed by atoms with Gasteiger partial charge in [-0.3, -0.25) is 14.9 Å². The number of amidine groups is 1. The summed E-state index contributed by atoms with van der Waals surface area (Å²) in [6.07, 6.45) is 1.99. The summed E-state index contributed by atoms with van der Waals surface area (Å²) in [5.74, 6) is -0.816. The van der Waals surface area contributed by atoms with Crippen LogP contribution in [0.3, 0.4) is 0 Å². The van der Waals surface area contributed by atoms with Crippen LogP contribution < -0.4 is 10.5 Å². The van der Waals surface area contributed by atoms with Gasteiger partial charge in [-0.2, -0.15) is 0 Å². The van der Waals surface area contributed by atoms with Crippen molar-refractivity contribution in [1.29, 1.82) is 5.41 Å². The molecule has 0 aliphatic heterocycles. The van der Waals surface area contributed by atoms with Gasteiger partial charge in [0.25, 0.3) is 0 Å². The van der Waals surface area contributed by atoms with Crippen LogP contribution in [0.5, 0.6) is 0 Å². The van der Waals surface area contributed by atoms with Crippen molar-refractivity contribution in [1.82, 2.24) is 0 Å². The Hall–Kier alpha value is -2.87. The molecule has 0 amide bonds. The molecule has 2 aromatic carbocycles. The Balaban J connectivity index is 0.000000289. The maximum atomic E-state index is 10.7. The number of para-hydroxylation sites is 1. The standard InChI is InChI=1S/C12H16N2O2.C7H9NO2S/c1-2-8(7-11(15)16)9-4-3-5-10(6-9)12(13)14;1-11(9,10)8-7-5-3-2-4-6-7/h3-6,8H,2,7H2,1H3,(H3,13,14)(H,15,16);2-6,8H,1H3. The lowest BCUT2D eigenvalue weighted by Gasteiger charge is -2.13. The molecule has 0 spiro atoms. The van der Waals surface area contributed by atoms with Crippen molar-refractivity contribution in [2.45, 2.75) is 25.7 Å². The van der Waals surface area contributed by atoms with Crippen molar-refractivity contribution >= 4 is 27.5 Å². The van der Waals surface area contributed by atoms with Gasteiger partial charge in [0.1, 0.15) is 5.84 Å². The molecule has 8 heteroatoms. The van der Waals surface area contributed by atoms with Gasteiger partial charge in [0.2, 0.25) is 10.0 Å². The number of carbonyl (C=O) groups is 1. The van der Waals surface area contributed by atoms with Gasteiger partial charge in [0.15, 0.2) is 0 Å². The molecule has 1 atom stereocenters. The van der Waals surface area contributed by atoms with Gasteiger partial charge in [0.05, 0.1) is 12.7 Å². The quantitative estimate of drug-likeness (QED) is 0.425. The fourth-order valence-electron chi connectivity index (χ4n) is 2.39. The van der Waals surface area contributed by atoms with Gasteiger partial charge in [-0.15, -0.1) is 0 Å². The summed E-state index contributed by atoms with van der Waals surface area (Å²) in [4.78, 5) is 10.7. The monoisotopic (exact) mass is 391 g/mol. The molecule has 0 bridgehead atoms. The fraction of sp³-hybridized carbons (Fsp3) is 0.263. The number of benzene rings is 2. The average Bonchev–Trinajstić information content (AvgIpc) is 2.59. The Morgan fingerprint density at radius 1 is 1.19 bits per heavy atom. The second kappa shape index (κ2) is 10.3. The van der Waals surface area contributed by atoms with Gasteiger partial charge in [-0.1, -0.05) is 43.3 Å². The summed E-state index contributed by atoms with van der Waals surface area (Å²) >= 11 is 0. The van der Waals surface area contributed by atoms with E-state index in [9.17, 15) is 13.2 Å². The molecule has 146 valence electrons. The first-order chi connectivity index (χ1) is 12.6. The van der Waals surface area contributed by atoms with Crippen LogP contribution in [0.4, 0.5) is 5.69 Å². The maximum absolute atomic E-state index is 10.7. The van der Waals surface area contributed by atoms with Crippen molar-refractivity contribution in [2.24, 2.45) is 5.73 Å². The van der Waals surface area contributed by atoms with E-state index in [1.54, 1.807) is 42.5 Å². The number of aliphatic carboxylic acids is 1. The number of nitrogen functional groups attached to an aromatic ring is 1. The molecule has 0 aromatic heterocycles. The zero-order chi connectivity index (χ0) is 20.4. The second-order valence-electron chi connectivity index (χ2n) is 5.98. The van der Waals surface area contributed by atoms with Crippen LogP contribution in [0.1, 0.15) is 36.8 Å². The highest BCUT2D eigenvalue weighted by Gasteiger charge is 2.14. The molecule has 0 saturated heterocycles. The van der Waals surface area contributed by atoms with E-state index in [1.807, 2.05) is 19.1 Å². The number of hydrogen-bond donors (Lipinski definition) is 4. The van der Waals surface area contributed by atoms with E-state index in [1.165, 1.54) is 0 Å². The number of carboxylic acids is 1. The zero-order valence-electron chi connectivity index (χ0n) is 15.3. The van der Waals surface area contributed by atoms with E-state index >= 15 is 0 Å².